The molecule has 8 heteroatoms. The highest BCUT2D eigenvalue weighted by molar-refractivity contribution is 5.91. The number of methoxy groups -OCH3 is 2. The fraction of sp³-hybridized carbons (Fsp3) is 0.500. The average molecular weight is 364 g/mol. The molecule has 2 N–H and O–H groups in total. The first-order valence-electron chi connectivity index (χ1n) is 8.32. The summed E-state index contributed by atoms with van der Waals surface area (Å²) in [6.07, 6.45) is -0.382. The predicted octanol–water partition coefficient (Wildman–Crippen LogP) is -0.123. The van der Waals surface area contributed by atoms with Crippen LogP contribution in [0.4, 0.5) is 0 Å². The van der Waals surface area contributed by atoms with Gasteiger partial charge in [-0.1, -0.05) is 12.1 Å². The standard InChI is InChI=1S/C18H24N2O6/c1-11(21)20-10-13(22)9-16(20)17(23)19-15(18(24)26-3)8-12-4-6-14(25-2)7-5-12/h4-7,13,15-16,22H,8-10H2,1-3H3,(H,19,23)/t13-,15-,16+/m1/s1. The Morgan fingerprint density at radius 3 is 2.46 bits per heavy atom. The molecule has 1 heterocycles. The molecule has 1 aromatic rings. The summed E-state index contributed by atoms with van der Waals surface area (Å²) in [6.45, 7) is 1.45. The van der Waals surface area contributed by atoms with Gasteiger partial charge in [0.1, 0.15) is 17.8 Å². The van der Waals surface area contributed by atoms with E-state index in [1.807, 2.05) is 0 Å². The minimum atomic E-state index is -0.896. The van der Waals surface area contributed by atoms with E-state index < -0.39 is 30.1 Å². The van der Waals surface area contributed by atoms with E-state index in [-0.39, 0.29) is 25.3 Å². The van der Waals surface area contributed by atoms with E-state index in [1.54, 1.807) is 31.4 Å². The maximum atomic E-state index is 12.6. The van der Waals surface area contributed by atoms with Crippen molar-refractivity contribution in [2.24, 2.45) is 0 Å². The molecule has 1 aromatic carbocycles. The number of rotatable bonds is 6. The number of likely N-dealkylation sites (tertiary alicyclic amines) is 1. The molecule has 1 aliphatic rings. The Bertz CT molecular complexity index is 660. The van der Waals surface area contributed by atoms with E-state index in [0.29, 0.717) is 5.75 Å². The molecule has 0 radical (unpaired) electrons. The zero-order valence-electron chi connectivity index (χ0n) is 15.1. The van der Waals surface area contributed by atoms with Gasteiger partial charge >= 0.3 is 5.97 Å². The number of carbonyl (C=O) groups excluding carboxylic acids is 3. The third kappa shape index (κ3) is 4.72. The van der Waals surface area contributed by atoms with Gasteiger partial charge < -0.3 is 24.8 Å². The monoisotopic (exact) mass is 364 g/mol. The maximum Gasteiger partial charge on any atom is 0.328 e. The maximum absolute atomic E-state index is 12.6. The van der Waals surface area contributed by atoms with E-state index in [1.165, 1.54) is 18.9 Å². The van der Waals surface area contributed by atoms with E-state index in [4.69, 9.17) is 9.47 Å². The third-order valence-corrected chi connectivity index (χ3v) is 4.39. The number of carbonyl (C=O) groups is 3. The summed E-state index contributed by atoms with van der Waals surface area (Å²) in [5, 5.41) is 12.4. The van der Waals surface area contributed by atoms with Gasteiger partial charge in [0.2, 0.25) is 11.8 Å². The largest absolute Gasteiger partial charge is 0.497 e. The van der Waals surface area contributed by atoms with Gasteiger partial charge in [-0.2, -0.15) is 0 Å². The van der Waals surface area contributed by atoms with Crippen molar-refractivity contribution in [1.29, 1.82) is 0 Å². The summed E-state index contributed by atoms with van der Waals surface area (Å²) in [5.41, 5.74) is 0.816. The third-order valence-electron chi connectivity index (χ3n) is 4.39. The lowest BCUT2D eigenvalue weighted by atomic mass is 10.0. The van der Waals surface area contributed by atoms with Crippen molar-refractivity contribution in [2.45, 2.75) is 38.0 Å². The van der Waals surface area contributed by atoms with Crippen molar-refractivity contribution in [1.82, 2.24) is 10.2 Å². The molecule has 142 valence electrons. The Labute approximate surface area is 152 Å². The molecule has 0 aromatic heterocycles. The second kappa shape index (κ2) is 8.66. The summed E-state index contributed by atoms with van der Waals surface area (Å²) in [7, 11) is 2.81. The number of esters is 1. The van der Waals surface area contributed by atoms with Gasteiger partial charge in [-0.15, -0.1) is 0 Å². The number of ether oxygens (including phenoxy) is 2. The summed E-state index contributed by atoms with van der Waals surface area (Å²) >= 11 is 0. The van der Waals surface area contributed by atoms with Gasteiger partial charge in [-0.05, 0) is 17.7 Å². The molecule has 0 unspecified atom stereocenters. The van der Waals surface area contributed by atoms with Gasteiger partial charge in [-0.25, -0.2) is 4.79 Å². The van der Waals surface area contributed by atoms with E-state index >= 15 is 0 Å². The number of amides is 2. The van der Waals surface area contributed by atoms with Gasteiger partial charge in [0, 0.05) is 26.3 Å². The lowest BCUT2D eigenvalue weighted by molar-refractivity contribution is -0.146. The molecule has 0 bridgehead atoms. The van der Waals surface area contributed by atoms with Gasteiger partial charge in [0.05, 0.1) is 20.3 Å². The average Bonchev–Trinajstić information content (AvgIpc) is 3.03. The SMILES string of the molecule is COC(=O)[C@@H](Cc1ccc(OC)cc1)NC(=O)[C@@H]1C[C@@H](O)CN1C(C)=O. The quantitative estimate of drug-likeness (QED) is 0.682. The second-order valence-corrected chi connectivity index (χ2v) is 6.21. The Balaban J connectivity index is 2.10. The number of benzene rings is 1. The van der Waals surface area contributed by atoms with Crippen LogP contribution in [0.2, 0.25) is 0 Å². The van der Waals surface area contributed by atoms with Gasteiger partial charge in [-0.3, -0.25) is 9.59 Å². The molecule has 0 aliphatic carbocycles. The van der Waals surface area contributed by atoms with Gasteiger partial charge in [0.25, 0.3) is 0 Å². The summed E-state index contributed by atoms with van der Waals surface area (Å²) < 4.78 is 9.88. The van der Waals surface area contributed by atoms with Crippen LogP contribution in [0, 0.1) is 0 Å². The predicted molar refractivity (Wildman–Crippen MR) is 92.4 cm³/mol. The number of aliphatic hydroxyl groups excluding tert-OH is 1. The highest BCUT2D eigenvalue weighted by atomic mass is 16.5. The van der Waals surface area contributed by atoms with Crippen LogP contribution in [0.1, 0.15) is 18.9 Å². The fourth-order valence-electron chi connectivity index (χ4n) is 3.01. The number of hydrogen-bond donors (Lipinski definition) is 2. The minimum Gasteiger partial charge on any atom is -0.497 e. The molecule has 2 amide bonds. The van der Waals surface area contributed by atoms with Crippen LogP contribution >= 0.6 is 0 Å². The zero-order chi connectivity index (χ0) is 19.3. The van der Waals surface area contributed by atoms with E-state index in [9.17, 15) is 19.5 Å². The number of aliphatic hydroxyl groups is 1. The summed E-state index contributed by atoms with van der Waals surface area (Å²) in [4.78, 5) is 37.6. The molecule has 3 atom stereocenters. The molecule has 1 fully saturated rings. The molecule has 1 saturated heterocycles. The smallest absolute Gasteiger partial charge is 0.328 e. The molecule has 1 aliphatic heterocycles. The molecule has 0 spiro atoms. The Kier molecular flexibility index (Phi) is 6.57. The van der Waals surface area contributed by atoms with Crippen LogP contribution in [0.5, 0.6) is 5.75 Å². The van der Waals surface area contributed by atoms with Crippen molar-refractivity contribution in [3.63, 3.8) is 0 Å². The highest BCUT2D eigenvalue weighted by Crippen LogP contribution is 2.19. The number of nitrogens with one attached hydrogen (secondary N) is 1. The molecule has 8 nitrogen and oxygen atoms in total. The summed E-state index contributed by atoms with van der Waals surface area (Å²) in [6, 6.07) is 5.41. The van der Waals surface area contributed by atoms with Crippen LogP contribution in [-0.2, 0) is 25.5 Å². The van der Waals surface area contributed by atoms with Crippen molar-refractivity contribution < 1.29 is 29.0 Å². The first kappa shape index (κ1) is 19.7. The number of β-amino-alcohol motifs (C(OH)–C–C–N with tert-alkyl or cyclic N) is 1. The Morgan fingerprint density at radius 1 is 1.27 bits per heavy atom. The van der Waals surface area contributed by atoms with Crippen LogP contribution in [0.15, 0.2) is 24.3 Å². The minimum absolute atomic E-state index is 0.106. The zero-order valence-corrected chi connectivity index (χ0v) is 15.1. The summed E-state index contributed by atoms with van der Waals surface area (Å²) in [5.74, 6) is -0.682. The Hall–Kier alpha value is -2.61. The van der Waals surface area contributed by atoms with Crippen molar-refractivity contribution in [2.75, 3.05) is 20.8 Å². The first-order valence-corrected chi connectivity index (χ1v) is 8.32. The van der Waals surface area contributed by atoms with Crippen molar-refractivity contribution in [3.05, 3.63) is 29.8 Å². The lowest BCUT2D eigenvalue weighted by Gasteiger charge is -2.24. The van der Waals surface area contributed by atoms with Crippen LogP contribution in [-0.4, -0.2) is 66.7 Å². The number of nitrogens with zero attached hydrogens (tertiary/aromatic N) is 1. The van der Waals surface area contributed by atoms with Crippen LogP contribution in [0.25, 0.3) is 0 Å². The van der Waals surface area contributed by atoms with E-state index in [2.05, 4.69) is 5.32 Å². The number of hydrogen-bond acceptors (Lipinski definition) is 6. The highest BCUT2D eigenvalue weighted by Gasteiger charge is 2.38. The van der Waals surface area contributed by atoms with Crippen LogP contribution in [0.3, 0.4) is 0 Å². The molecule has 2 rings (SSSR count). The van der Waals surface area contributed by atoms with Gasteiger partial charge in [0.15, 0.2) is 0 Å². The lowest BCUT2D eigenvalue weighted by Crippen LogP contribution is -2.51. The van der Waals surface area contributed by atoms with Crippen molar-refractivity contribution in [3.8, 4) is 5.75 Å². The molecule has 26 heavy (non-hydrogen) atoms. The normalized spacial score (nSPS) is 20.4. The topological polar surface area (TPSA) is 105 Å². The molecule has 0 saturated carbocycles. The molecular weight excluding hydrogens is 340 g/mol. The first-order chi connectivity index (χ1) is 12.3. The van der Waals surface area contributed by atoms with E-state index in [0.717, 1.165) is 5.56 Å². The Morgan fingerprint density at radius 2 is 1.92 bits per heavy atom. The van der Waals surface area contributed by atoms with Crippen molar-refractivity contribution >= 4 is 17.8 Å². The van der Waals surface area contributed by atoms with Crippen LogP contribution < -0.4 is 10.1 Å². The molecular formula is C18H24N2O6. The fourth-order valence-corrected chi connectivity index (χ4v) is 3.01. The second-order valence-electron chi connectivity index (χ2n) is 6.21.